The van der Waals surface area contributed by atoms with Crippen LogP contribution in [0.25, 0.3) is 0 Å². The third-order valence-electron chi connectivity index (χ3n) is 5.28. The minimum Gasteiger partial charge on any atom is -0.325 e. The Labute approximate surface area is 117 Å². The molecule has 1 aromatic rings. The van der Waals surface area contributed by atoms with Crippen molar-refractivity contribution in [1.29, 1.82) is 0 Å². The molecular formula is C17H28N2. The largest absolute Gasteiger partial charge is 0.325 e. The monoisotopic (exact) mass is 260 g/mol. The van der Waals surface area contributed by atoms with Crippen LogP contribution in [0.4, 0.5) is 0 Å². The molecule has 0 aliphatic heterocycles. The second-order valence-corrected chi connectivity index (χ2v) is 7.02. The number of hydrogen-bond donors (Lipinski definition) is 1. The van der Waals surface area contributed by atoms with E-state index in [4.69, 9.17) is 5.73 Å². The van der Waals surface area contributed by atoms with Gasteiger partial charge in [-0.1, -0.05) is 33.3 Å². The molecule has 0 saturated heterocycles. The molecule has 0 bridgehead atoms. The summed E-state index contributed by atoms with van der Waals surface area (Å²) >= 11 is 0. The van der Waals surface area contributed by atoms with Gasteiger partial charge in [-0.2, -0.15) is 0 Å². The van der Waals surface area contributed by atoms with E-state index in [2.05, 4.69) is 31.8 Å². The molecule has 1 aliphatic carbocycles. The molecule has 0 radical (unpaired) electrons. The van der Waals surface area contributed by atoms with Crippen LogP contribution in [0.1, 0.15) is 58.4 Å². The summed E-state index contributed by atoms with van der Waals surface area (Å²) in [6.07, 6.45) is 10.9. The summed E-state index contributed by atoms with van der Waals surface area (Å²) in [5.74, 6) is 0.836. The molecule has 1 heterocycles. The molecule has 0 unspecified atom stereocenters. The molecule has 106 valence electrons. The first-order valence-corrected chi connectivity index (χ1v) is 7.63. The summed E-state index contributed by atoms with van der Waals surface area (Å²) in [6.45, 7) is 7.12. The number of hydrogen-bond acceptors (Lipinski definition) is 2. The van der Waals surface area contributed by atoms with Crippen molar-refractivity contribution in [1.82, 2.24) is 4.98 Å². The Morgan fingerprint density at radius 2 is 2.05 bits per heavy atom. The van der Waals surface area contributed by atoms with Gasteiger partial charge in [0.05, 0.1) is 0 Å². The predicted molar refractivity (Wildman–Crippen MR) is 80.9 cm³/mol. The highest BCUT2D eigenvalue weighted by molar-refractivity contribution is 5.13. The maximum atomic E-state index is 6.61. The highest BCUT2D eigenvalue weighted by Gasteiger charge is 2.37. The number of nitrogens with two attached hydrogens (primary N) is 1. The van der Waals surface area contributed by atoms with Crippen LogP contribution in [0.3, 0.4) is 0 Å². The minimum atomic E-state index is -0.0106. The van der Waals surface area contributed by atoms with Crippen molar-refractivity contribution in [3.05, 3.63) is 30.1 Å². The fourth-order valence-corrected chi connectivity index (χ4v) is 3.35. The second kappa shape index (κ2) is 5.62. The lowest BCUT2D eigenvalue weighted by Crippen LogP contribution is -2.47. The van der Waals surface area contributed by atoms with E-state index in [0.717, 1.165) is 25.2 Å². The SMILES string of the molecule is CCC(C)(C)C1CCC(N)(Cc2cccnc2)CC1. The average molecular weight is 260 g/mol. The number of rotatable bonds is 4. The van der Waals surface area contributed by atoms with Gasteiger partial charge in [0.1, 0.15) is 0 Å². The Morgan fingerprint density at radius 1 is 1.37 bits per heavy atom. The molecule has 1 saturated carbocycles. The summed E-state index contributed by atoms with van der Waals surface area (Å²) < 4.78 is 0. The summed E-state index contributed by atoms with van der Waals surface area (Å²) in [7, 11) is 0. The zero-order chi connectivity index (χ0) is 13.9. The third kappa shape index (κ3) is 3.56. The Hall–Kier alpha value is -0.890. The topological polar surface area (TPSA) is 38.9 Å². The number of pyridine rings is 1. The van der Waals surface area contributed by atoms with Crippen molar-refractivity contribution in [3.8, 4) is 0 Å². The lowest BCUT2D eigenvalue weighted by molar-refractivity contribution is 0.115. The van der Waals surface area contributed by atoms with E-state index in [1.807, 2.05) is 18.5 Å². The molecule has 1 aromatic heterocycles. The molecule has 2 heteroatoms. The Kier molecular flexibility index (Phi) is 4.29. The zero-order valence-corrected chi connectivity index (χ0v) is 12.7. The van der Waals surface area contributed by atoms with Crippen LogP contribution in [0.15, 0.2) is 24.5 Å². The molecule has 19 heavy (non-hydrogen) atoms. The molecule has 2 N–H and O–H groups in total. The van der Waals surface area contributed by atoms with Crippen molar-refractivity contribution in [3.63, 3.8) is 0 Å². The van der Waals surface area contributed by atoms with Gasteiger partial charge in [0.2, 0.25) is 0 Å². The molecule has 0 amide bonds. The summed E-state index contributed by atoms with van der Waals surface area (Å²) in [5, 5.41) is 0. The normalized spacial score (nSPS) is 28.3. The van der Waals surface area contributed by atoms with E-state index in [1.54, 1.807) is 0 Å². The Morgan fingerprint density at radius 3 is 2.58 bits per heavy atom. The van der Waals surface area contributed by atoms with Gasteiger partial charge in [-0.15, -0.1) is 0 Å². The smallest absolute Gasteiger partial charge is 0.0300 e. The Bertz CT molecular complexity index is 389. The summed E-state index contributed by atoms with van der Waals surface area (Å²) in [4.78, 5) is 4.19. The van der Waals surface area contributed by atoms with E-state index < -0.39 is 0 Å². The van der Waals surface area contributed by atoms with Gasteiger partial charge < -0.3 is 5.73 Å². The van der Waals surface area contributed by atoms with Gasteiger partial charge in [-0.25, -0.2) is 0 Å². The second-order valence-electron chi connectivity index (χ2n) is 7.02. The number of aromatic nitrogens is 1. The first kappa shape index (κ1) is 14.5. The maximum absolute atomic E-state index is 6.61. The van der Waals surface area contributed by atoms with Crippen molar-refractivity contribution in [2.24, 2.45) is 17.1 Å². The third-order valence-corrected chi connectivity index (χ3v) is 5.28. The lowest BCUT2D eigenvalue weighted by atomic mass is 9.65. The molecule has 2 rings (SSSR count). The summed E-state index contributed by atoms with van der Waals surface area (Å²) in [5.41, 5.74) is 8.34. The van der Waals surface area contributed by atoms with E-state index in [9.17, 15) is 0 Å². The van der Waals surface area contributed by atoms with E-state index in [1.165, 1.54) is 24.8 Å². The lowest BCUT2D eigenvalue weighted by Gasteiger charge is -2.43. The maximum Gasteiger partial charge on any atom is 0.0300 e. The molecule has 0 spiro atoms. The molecular weight excluding hydrogens is 232 g/mol. The predicted octanol–water partition coefficient (Wildman–Crippen LogP) is 3.95. The van der Waals surface area contributed by atoms with E-state index in [0.29, 0.717) is 5.41 Å². The van der Waals surface area contributed by atoms with Crippen LogP contribution in [-0.2, 0) is 6.42 Å². The Balaban J connectivity index is 1.95. The first-order valence-electron chi connectivity index (χ1n) is 7.63. The van der Waals surface area contributed by atoms with Crippen molar-refractivity contribution in [2.75, 3.05) is 0 Å². The van der Waals surface area contributed by atoms with Gasteiger partial charge in [-0.3, -0.25) is 4.98 Å². The molecule has 1 fully saturated rings. The average Bonchev–Trinajstić information content (AvgIpc) is 2.40. The molecule has 2 nitrogen and oxygen atoms in total. The summed E-state index contributed by atoms with van der Waals surface area (Å²) in [6, 6.07) is 4.15. The fraction of sp³-hybridized carbons (Fsp3) is 0.706. The van der Waals surface area contributed by atoms with Crippen LogP contribution < -0.4 is 5.73 Å². The van der Waals surface area contributed by atoms with Crippen LogP contribution in [-0.4, -0.2) is 10.5 Å². The molecule has 0 atom stereocenters. The number of nitrogens with zero attached hydrogens (tertiary/aromatic N) is 1. The fourth-order valence-electron chi connectivity index (χ4n) is 3.35. The van der Waals surface area contributed by atoms with Gasteiger partial charge in [0.15, 0.2) is 0 Å². The van der Waals surface area contributed by atoms with Gasteiger partial charge in [0, 0.05) is 17.9 Å². The van der Waals surface area contributed by atoms with Crippen LogP contribution in [0.5, 0.6) is 0 Å². The first-order chi connectivity index (χ1) is 8.95. The van der Waals surface area contributed by atoms with Crippen LogP contribution in [0.2, 0.25) is 0 Å². The zero-order valence-electron chi connectivity index (χ0n) is 12.7. The molecule has 0 aromatic carbocycles. The van der Waals surface area contributed by atoms with E-state index in [-0.39, 0.29) is 5.54 Å². The van der Waals surface area contributed by atoms with Gasteiger partial charge >= 0.3 is 0 Å². The standard InChI is InChI=1S/C17H28N2/c1-4-16(2,3)15-7-9-17(18,10-8-15)12-14-6-5-11-19-13-14/h5-6,11,13,15H,4,7-10,12,18H2,1-3H3. The highest BCUT2D eigenvalue weighted by Crippen LogP contribution is 2.43. The highest BCUT2D eigenvalue weighted by atomic mass is 14.7. The van der Waals surface area contributed by atoms with Gasteiger partial charge in [-0.05, 0) is 55.1 Å². The van der Waals surface area contributed by atoms with Crippen molar-refractivity contribution in [2.45, 2.75) is 64.8 Å². The van der Waals surface area contributed by atoms with Crippen molar-refractivity contribution < 1.29 is 0 Å². The van der Waals surface area contributed by atoms with Gasteiger partial charge in [0.25, 0.3) is 0 Å². The quantitative estimate of drug-likeness (QED) is 0.890. The van der Waals surface area contributed by atoms with Crippen LogP contribution >= 0.6 is 0 Å². The van der Waals surface area contributed by atoms with Crippen molar-refractivity contribution >= 4 is 0 Å². The van der Waals surface area contributed by atoms with E-state index >= 15 is 0 Å². The molecule has 1 aliphatic rings. The van der Waals surface area contributed by atoms with Crippen LogP contribution in [0, 0.1) is 11.3 Å². The minimum absolute atomic E-state index is 0.0106.